The molecule has 2 rings (SSSR count). The number of carbonyl (C=O) groups excluding carboxylic acids is 1. The molecule has 6 nitrogen and oxygen atoms in total. The Kier molecular flexibility index (Phi) is 1.89. The number of nitro groups is 1. The largest absolute Gasteiger partial charge is 0.370 e. The Balaban J connectivity index is 2.48. The van der Waals surface area contributed by atoms with E-state index in [1.807, 2.05) is 0 Å². The van der Waals surface area contributed by atoms with Gasteiger partial charge in [-0.2, -0.15) is 0 Å². The number of hydrogen-bond donors (Lipinski definition) is 0. The molecule has 16 heavy (non-hydrogen) atoms. The quantitative estimate of drug-likeness (QED) is 0.514. The van der Waals surface area contributed by atoms with Gasteiger partial charge in [0, 0.05) is 30.2 Å². The van der Waals surface area contributed by atoms with Crippen LogP contribution in [-0.4, -0.2) is 35.5 Å². The van der Waals surface area contributed by atoms with Gasteiger partial charge in [0.05, 0.1) is 11.5 Å². The van der Waals surface area contributed by atoms with Crippen LogP contribution in [0, 0.1) is 10.1 Å². The second kappa shape index (κ2) is 4.44. The smallest absolute Gasteiger partial charge is 0.252 e. The predicted octanol–water partition coefficient (Wildman–Crippen LogP) is 0.683. The molecule has 0 bridgehead atoms. The Hall–Kier alpha value is -1.69. The molecule has 1 aliphatic carbocycles. The highest BCUT2D eigenvalue weighted by Gasteiger charge is 2.25. The van der Waals surface area contributed by atoms with Crippen LogP contribution in [0.2, 0.25) is 0 Å². The number of hydrogen-bond acceptors (Lipinski definition) is 4. The zero-order valence-electron chi connectivity index (χ0n) is 12.3. The number of amides is 1. The predicted molar refractivity (Wildman–Crippen MR) is 54.9 cm³/mol. The molecule has 0 atom stereocenters. The molecule has 0 aromatic rings. The highest BCUT2D eigenvalue weighted by atomic mass is 16.6. The molecule has 1 aliphatic heterocycles. The van der Waals surface area contributed by atoms with Crippen molar-refractivity contribution in [1.29, 1.82) is 0 Å². The number of allylic oxidation sites excluding steroid dienone is 4. The van der Waals surface area contributed by atoms with Gasteiger partial charge in [-0.3, -0.25) is 14.9 Å². The van der Waals surface area contributed by atoms with Crippen LogP contribution in [0.25, 0.3) is 0 Å². The Morgan fingerprint density at radius 2 is 2.31 bits per heavy atom. The van der Waals surface area contributed by atoms with E-state index in [4.69, 9.17) is 10.2 Å². The average molecular weight is 228 g/mol. The molecule has 1 saturated heterocycles. The normalized spacial score (nSPS) is 31.5. The number of morpholine rings is 1. The first-order valence-corrected chi connectivity index (χ1v) is 4.65. The van der Waals surface area contributed by atoms with Crippen LogP contribution in [0.5, 0.6) is 0 Å². The zero-order chi connectivity index (χ0) is 15.1. The summed E-state index contributed by atoms with van der Waals surface area (Å²) >= 11 is 0. The van der Waals surface area contributed by atoms with Gasteiger partial charge in [0.2, 0.25) is 5.70 Å². The van der Waals surface area contributed by atoms with Gasteiger partial charge < -0.3 is 9.64 Å². The fraction of sp³-hybridized carbons (Fsp3) is 0.500. The first kappa shape index (κ1) is 6.80. The molecular weight excluding hydrogens is 212 g/mol. The maximum Gasteiger partial charge on any atom is 0.252 e. The third-order valence-corrected chi connectivity index (χ3v) is 2.19. The third kappa shape index (κ3) is 2.11. The number of rotatable bonds is 2. The van der Waals surface area contributed by atoms with Crippen LogP contribution in [0.4, 0.5) is 0 Å². The minimum atomic E-state index is -2.83. The zero-order valence-corrected chi connectivity index (χ0v) is 8.30. The van der Waals surface area contributed by atoms with Crippen molar-refractivity contribution in [2.24, 2.45) is 0 Å². The molecule has 6 heteroatoms. The summed E-state index contributed by atoms with van der Waals surface area (Å²) in [5, 5.41) is 10.8. The summed E-state index contributed by atoms with van der Waals surface area (Å²) < 4.78 is 36.1. The first-order chi connectivity index (χ1) is 9.19. The van der Waals surface area contributed by atoms with Gasteiger partial charge in [0.1, 0.15) is 6.61 Å². The lowest BCUT2D eigenvalue weighted by molar-refractivity contribution is -0.428. The highest BCUT2D eigenvalue weighted by Crippen LogP contribution is 2.22. The van der Waals surface area contributed by atoms with Gasteiger partial charge in [-0.05, 0) is 12.4 Å². The van der Waals surface area contributed by atoms with Crippen LogP contribution in [0.15, 0.2) is 23.5 Å². The van der Waals surface area contributed by atoms with Gasteiger partial charge in [-0.15, -0.1) is 0 Å². The number of carbonyl (C=O) groups is 1. The van der Waals surface area contributed by atoms with Crippen molar-refractivity contribution in [2.45, 2.75) is 12.7 Å². The van der Waals surface area contributed by atoms with Crippen LogP contribution in [-0.2, 0) is 9.53 Å². The lowest BCUT2D eigenvalue weighted by atomic mass is 10.1. The molecule has 0 N–H and O–H groups in total. The monoisotopic (exact) mass is 228 g/mol. The van der Waals surface area contributed by atoms with E-state index in [0.717, 1.165) is 17.1 Å². The second-order valence-electron chi connectivity index (χ2n) is 3.21. The topological polar surface area (TPSA) is 72.7 Å². The lowest BCUT2D eigenvalue weighted by Crippen LogP contribution is -2.41. The summed E-state index contributed by atoms with van der Waals surface area (Å²) in [4.78, 5) is 22.7. The molecule has 0 aromatic heterocycles. The first-order valence-electron chi connectivity index (χ1n) is 6.65. The third-order valence-electron chi connectivity index (χ3n) is 2.19. The van der Waals surface area contributed by atoms with Crippen LogP contribution in [0.3, 0.4) is 0 Å². The number of nitrogens with zero attached hydrogens (tertiary/aromatic N) is 2. The Labute approximate surface area is 97.9 Å². The van der Waals surface area contributed by atoms with Crippen LogP contribution >= 0.6 is 0 Å². The standard InChI is InChI=1S/C10H12N2O4/c13-10-7-16-6-5-11(10)8-1-3-9(4-2-8)12(14)15/h1,3H,2,4-7H2/i2D2,4D2. The molecule has 0 aromatic carbocycles. The molecule has 1 amide bonds. The molecular formula is C10H12N2O4. The SMILES string of the molecule is [2H]C1([2H])C(N2CCOCC2=O)=CC=C([N+](=O)[O-])C1([2H])[2H]. The van der Waals surface area contributed by atoms with E-state index in [1.165, 1.54) is 0 Å². The summed E-state index contributed by atoms with van der Waals surface area (Å²) in [5.74, 6) is -0.500. The van der Waals surface area contributed by atoms with E-state index in [0.29, 0.717) is 0 Å². The fourth-order valence-corrected chi connectivity index (χ4v) is 1.41. The highest BCUT2D eigenvalue weighted by molar-refractivity contribution is 5.80. The van der Waals surface area contributed by atoms with Crippen LogP contribution in [0.1, 0.15) is 18.2 Å². The van der Waals surface area contributed by atoms with Crippen molar-refractivity contribution in [3.8, 4) is 0 Å². The van der Waals surface area contributed by atoms with Gasteiger partial charge in [-0.1, -0.05) is 0 Å². The molecule has 0 saturated carbocycles. The van der Waals surface area contributed by atoms with Gasteiger partial charge in [0.15, 0.2) is 0 Å². The van der Waals surface area contributed by atoms with E-state index in [2.05, 4.69) is 0 Å². The summed E-state index contributed by atoms with van der Waals surface area (Å²) in [6.07, 6.45) is -3.53. The molecule has 0 radical (unpaired) electrons. The second-order valence-corrected chi connectivity index (χ2v) is 3.21. The molecule has 0 unspecified atom stereocenters. The van der Waals surface area contributed by atoms with Gasteiger partial charge >= 0.3 is 0 Å². The maximum absolute atomic E-state index is 11.7. The average Bonchev–Trinajstić information content (AvgIpc) is 2.33. The van der Waals surface area contributed by atoms with Gasteiger partial charge in [0.25, 0.3) is 5.91 Å². The van der Waals surface area contributed by atoms with E-state index in [9.17, 15) is 14.9 Å². The molecule has 2 aliphatic rings. The van der Waals surface area contributed by atoms with Crippen molar-refractivity contribution in [2.75, 3.05) is 19.8 Å². The molecule has 86 valence electrons. The van der Waals surface area contributed by atoms with E-state index in [1.54, 1.807) is 0 Å². The van der Waals surface area contributed by atoms with E-state index < -0.39 is 29.3 Å². The van der Waals surface area contributed by atoms with Crippen molar-refractivity contribution >= 4 is 5.91 Å². The minimum Gasteiger partial charge on any atom is -0.370 e. The van der Waals surface area contributed by atoms with E-state index >= 15 is 0 Å². The van der Waals surface area contributed by atoms with Crippen molar-refractivity contribution in [3.63, 3.8) is 0 Å². The summed E-state index contributed by atoms with van der Waals surface area (Å²) in [7, 11) is 0. The van der Waals surface area contributed by atoms with Crippen molar-refractivity contribution < 1.29 is 19.9 Å². The van der Waals surface area contributed by atoms with Crippen molar-refractivity contribution in [3.05, 3.63) is 33.7 Å². The Bertz CT molecular complexity index is 529. The molecule has 1 heterocycles. The minimum absolute atomic E-state index is 0.0852. The molecule has 1 fully saturated rings. The Morgan fingerprint density at radius 1 is 1.50 bits per heavy atom. The lowest BCUT2D eigenvalue weighted by Gasteiger charge is -2.29. The van der Waals surface area contributed by atoms with Crippen molar-refractivity contribution in [1.82, 2.24) is 4.90 Å². The van der Waals surface area contributed by atoms with E-state index in [-0.39, 0.29) is 25.5 Å². The number of ether oxygens (including phenoxy) is 1. The summed E-state index contributed by atoms with van der Waals surface area (Å²) in [6, 6.07) is 0. The fourth-order valence-electron chi connectivity index (χ4n) is 1.41. The van der Waals surface area contributed by atoms with Gasteiger partial charge in [-0.25, -0.2) is 0 Å². The summed E-state index contributed by atoms with van der Waals surface area (Å²) in [5.41, 5.74) is -1.09. The maximum atomic E-state index is 11.7. The Morgan fingerprint density at radius 3 is 3.00 bits per heavy atom. The molecule has 0 spiro atoms. The van der Waals surface area contributed by atoms with Crippen LogP contribution < -0.4 is 0 Å². The summed E-state index contributed by atoms with van der Waals surface area (Å²) in [6.45, 7) is 0.0675.